The summed E-state index contributed by atoms with van der Waals surface area (Å²) < 4.78 is 37.7. The molecule has 0 saturated carbocycles. The molecule has 8 heteroatoms. The fourth-order valence-corrected chi connectivity index (χ4v) is 4.18. The van der Waals surface area contributed by atoms with E-state index in [1.807, 2.05) is 0 Å². The molecule has 1 unspecified atom stereocenters. The lowest BCUT2D eigenvalue weighted by atomic mass is 9.99. The largest absolute Gasteiger partial charge is 0.481 e. The van der Waals surface area contributed by atoms with E-state index >= 15 is 0 Å². The molecule has 2 N–H and O–H groups in total. The lowest BCUT2D eigenvalue weighted by Crippen LogP contribution is -2.32. The second kappa shape index (κ2) is 8.77. The summed E-state index contributed by atoms with van der Waals surface area (Å²) in [6.07, 6.45) is 0.407. The van der Waals surface area contributed by atoms with E-state index in [1.165, 1.54) is 36.4 Å². The van der Waals surface area contributed by atoms with Gasteiger partial charge in [-0.2, -0.15) is 0 Å². The van der Waals surface area contributed by atoms with Crippen LogP contribution in [0.4, 0.5) is 4.39 Å². The van der Waals surface area contributed by atoms with Crippen LogP contribution < -0.4 is 5.32 Å². The first-order valence-electron chi connectivity index (χ1n) is 8.34. The zero-order chi connectivity index (χ0) is 20.0. The molecule has 2 aromatic carbocycles. The Bertz CT molecular complexity index is 925. The third kappa shape index (κ3) is 5.13. The molecule has 0 fully saturated rings. The molecule has 1 amide bonds. The lowest BCUT2D eigenvalue weighted by Gasteiger charge is -2.15. The minimum atomic E-state index is -3.62. The van der Waals surface area contributed by atoms with E-state index in [2.05, 4.69) is 5.32 Å². The van der Waals surface area contributed by atoms with Crippen molar-refractivity contribution in [3.05, 3.63) is 65.5 Å². The molecule has 2 rings (SSSR count). The Morgan fingerprint density at radius 2 is 1.74 bits per heavy atom. The van der Waals surface area contributed by atoms with Crippen LogP contribution in [0.1, 0.15) is 35.2 Å². The summed E-state index contributed by atoms with van der Waals surface area (Å²) in [5, 5.41) is 11.9. The summed E-state index contributed by atoms with van der Waals surface area (Å²) >= 11 is 0. The molecule has 0 bridgehead atoms. The number of carbonyl (C=O) groups is 2. The molecule has 1 atom stereocenters. The monoisotopic (exact) mass is 393 g/mol. The summed E-state index contributed by atoms with van der Waals surface area (Å²) in [5.74, 6) is -3.55. The molecule has 0 saturated heterocycles. The Hall–Kier alpha value is -2.74. The van der Waals surface area contributed by atoms with Crippen LogP contribution in [0.5, 0.6) is 0 Å². The van der Waals surface area contributed by atoms with Crippen LogP contribution in [-0.4, -0.2) is 37.7 Å². The highest BCUT2D eigenvalue weighted by molar-refractivity contribution is 7.91. The Morgan fingerprint density at radius 3 is 2.33 bits per heavy atom. The van der Waals surface area contributed by atoms with Crippen molar-refractivity contribution in [2.75, 3.05) is 12.3 Å². The van der Waals surface area contributed by atoms with Gasteiger partial charge in [0, 0.05) is 6.54 Å². The molecule has 0 heterocycles. The number of rotatable bonds is 8. The van der Waals surface area contributed by atoms with E-state index in [-0.39, 0.29) is 22.8 Å². The van der Waals surface area contributed by atoms with E-state index in [4.69, 9.17) is 0 Å². The van der Waals surface area contributed by atoms with Gasteiger partial charge in [0.25, 0.3) is 5.91 Å². The predicted octanol–water partition coefficient (Wildman–Crippen LogP) is 2.61. The van der Waals surface area contributed by atoms with Gasteiger partial charge in [-0.25, -0.2) is 12.8 Å². The zero-order valence-electron chi connectivity index (χ0n) is 14.7. The summed E-state index contributed by atoms with van der Waals surface area (Å²) in [7, 11) is -3.62. The summed E-state index contributed by atoms with van der Waals surface area (Å²) in [5.41, 5.74) is 0.297. The number of carbonyl (C=O) groups excluding carboxylic acids is 1. The maximum Gasteiger partial charge on any atom is 0.312 e. The van der Waals surface area contributed by atoms with E-state index in [9.17, 15) is 27.5 Å². The number of nitrogens with one attached hydrogen (secondary N) is 1. The molecule has 6 nitrogen and oxygen atoms in total. The molecule has 0 spiro atoms. The van der Waals surface area contributed by atoms with E-state index in [0.717, 1.165) is 12.1 Å². The van der Waals surface area contributed by atoms with Gasteiger partial charge in [0.05, 0.1) is 22.1 Å². The molecule has 0 aliphatic heterocycles. The maximum atomic E-state index is 13.0. The van der Waals surface area contributed by atoms with Crippen LogP contribution in [0, 0.1) is 5.82 Å². The van der Waals surface area contributed by atoms with E-state index in [1.54, 1.807) is 6.92 Å². The molecule has 2 aromatic rings. The molecule has 0 radical (unpaired) electrons. The third-order valence-corrected chi connectivity index (χ3v) is 5.95. The number of carboxylic acid groups (broad SMARTS) is 1. The minimum Gasteiger partial charge on any atom is -0.481 e. The first-order valence-corrected chi connectivity index (χ1v) is 9.99. The highest BCUT2D eigenvalue weighted by atomic mass is 32.2. The van der Waals surface area contributed by atoms with Gasteiger partial charge in [-0.15, -0.1) is 0 Å². The first-order chi connectivity index (χ1) is 12.8. The van der Waals surface area contributed by atoms with Gasteiger partial charge in [-0.3, -0.25) is 9.59 Å². The van der Waals surface area contributed by atoms with Gasteiger partial charge in [-0.05, 0) is 36.2 Å². The highest BCUT2D eigenvalue weighted by Crippen LogP contribution is 2.19. The maximum absolute atomic E-state index is 13.0. The number of halogens is 1. The molecule has 27 heavy (non-hydrogen) atoms. The van der Waals surface area contributed by atoms with E-state index in [0.29, 0.717) is 12.0 Å². The van der Waals surface area contributed by atoms with Crippen LogP contribution in [0.2, 0.25) is 0 Å². The summed E-state index contributed by atoms with van der Waals surface area (Å²) in [6, 6.07) is 10.7. The second-order valence-electron chi connectivity index (χ2n) is 5.97. The SMILES string of the molecule is CCCS(=O)(=O)c1ccccc1C(=O)NCC(C(=O)O)c1ccc(F)cc1. The normalized spacial score (nSPS) is 12.4. The number of hydrogen-bond donors (Lipinski definition) is 2. The van der Waals surface area contributed by atoms with Gasteiger partial charge in [0.15, 0.2) is 9.84 Å². The van der Waals surface area contributed by atoms with Crippen molar-refractivity contribution < 1.29 is 27.5 Å². The van der Waals surface area contributed by atoms with Crippen molar-refractivity contribution in [2.24, 2.45) is 0 Å². The van der Waals surface area contributed by atoms with Gasteiger partial charge in [-0.1, -0.05) is 31.2 Å². The average molecular weight is 393 g/mol. The molecule has 0 aliphatic carbocycles. The van der Waals surface area contributed by atoms with Crippen molar-refractivity contribution in [1.29, 1.82) is 0 Å². The van der Waals surface area contributed by atoms with Crippen LogP contribution in [0.3, 0.4) is 0 Å². The molecular formula is C19H20FNO5S. The molecule has 0 aliphatic rings. The van der Waals surface area contributed by atoms with Crippen molar-refractivity contribution in [3.63, 3.8) is 0 Å². The van der Waals surface area contributed by atoms with Gasteiger partial charge >= 0.3 is 5.97 Å². The second-order valence-corrected chi connectivity index (χ2v) is 8.05. The molecule has 0 aromatic heterocycles. The number of carboxylic acids is 1. The fourth-order valence-electron chi connectivity index (χ4n) is 2.64. The van der Waals surface area contributed by atoms with Crippen molar-refractivity contribution in [3.8, 4) is 0 Å². The van der Waals surface area contributed by atoms with Crippen LogP contribution >= 0.6 is 0 Å². The van der Waals surface area contributed by atoms with Crippen LogP contribution in [0.15, 0.2) is 53.4 Å². The number of benzene rings is 2. The molecule has 144 valence electrons. The highest BCUT2D eigenvalue weighted by Gasteiger charge is 2.24. The Labute approximate surface area is 157 Å². The van der Waals surface area contributed by atoms with Crippen molar-refractivity contribution in [1.82, 2.24) is 5.32 Å². The number of sulfone groups is 1. The number of hydrogen-bond acceptors (Lipinski definition) is 4. The Balaban J connectivity index is 2.22. The van der Waals surface area contributed by atoms with Crippen LogP contribution in [0.25, 0.3) is 0 Å². The zero-order valence-corrected chi connectivity index (χ0v) is 15.5. The quantitative estimate of drug-likeness (QED) is 0.718. The summed E-state index contributed by atoms with van der Waals surface area (Å²) in [6.45, 7) is 1.46. The minimum absolute atomic E-state index is 0.0332. The fraction of sp³-hybridized carbons (Fsp3) is 0.263. The predicted molar refractivity (Wildman–Crippen MR) is 97.9 cm³/mol. The van der Waals surface area contributed by atoms with Gasteiger partial charge in [0.1, 0.15) is 5.82 Å². The first kappa shape index (κ1) is 20.6. The Morgan fingerprint density at radius 1 is 1.11 bits per heavy atom. The van der Waals surface area contributed by atoms with Crippen LogP contribution in [-0.2, 0) is 14.6 Å². The number of aliphatic carboxylic acids is 1. The average Bonchev–Trinajstić information content (AvgIpc) is 2.63. The number of amides is 1. The summed E-state index contributed by atoms with van der Waals surface area (Å²) in [4.78, 5) is 23.9. The standard InChI is InChI=1S/C19H20FNO5S/c1-2-11-27(25,26)17-6-4-3-5-15(17)18(22)21-12-16(19(23)24)13-7-9-14(20)10-8-13/h3-10,16H,2,11-12H2,1H3,(H,21,22)(H,23,24). The lowest BCUT2D eigenvalue weighted by molar-refractivity contribution is -0.138. The topological polar surface area (TPSA) is 101 Å². The Kier molecular flexibility index (Phi) is 6.68. The smallest absolute Gasteiger partial charge is 0.312 e. The van der Waals surface area contributed by atoms with Crippen molar-refractivity contribution >= 4 is 21.7 Å². The third-order valence-electron chi connectivity index (χ3n) is 3.98. The molecular weight excluding hydrogens is 373 g/mol. The van der Waals surface area contributed by atoms with Gasteiger partial charge in [0.2, 0.25) is 0 Å². The van der Waals surface area contributed by atoms with Gasteiger partial charge < -0.3 is 10.4 Å². The van der Waals surface area contributed by atoms with E-state index < -0.39 is 33.4 Å². The van der Waals surface area contributed by atoms with Crippen molar-refractivity contribution in [2.45, 2.75) is 24.2 Å².